The van der Waals surface area contributed by atoms with Gasteiger partial charge >= 0.3 is 6.03 Å². The minimum atomic E-state index is -0.399. The first-order valence-electron chi connectivity index (χ1n) is 7.60. The Morgan fingerprint density at radius 2 is 1.86 bits per heavy atom. The molecule has 1 atom stereocenters. The van der Waals surface area contributed by atoms with Crippen LogP contribution in [-0.4, -0.2) is 31.6 Å². The molecule has 0 heterocycles. The van der Waals surface area contributed by atoms with E-state index in [1.165, 1.54) is 5.56 Å². The van der Waals surface area contributed by atoms with Crippen LogP contribution in [0.5, 0.6) is 0 Å². The number of quaternary nitrogens is 1. The average Bonchev–Trinajstić information content (AvgIpc) is 2.47. The van der Waals surface area contributed by atoms with Crippen molar-refractivity contribution in [2.45, 2.75) is 33.2 Å². The van der Waals surface area contributed by atoms with Gasteiger partial charge in [-0.05, 0) is 13.3 Å². The van der Waals surface area contributed by atoms with Gasteiger partial charge in [0.1, 0.15) is 6.54 Å². The number of imide groups is 1. The number of likely N-dealkylation sites (N-methyl/N-ethyl adjacent to an activating group) is 1. The number of benzene rings is 1. The van der Waals surface area contributed by atoms with Crippen LogP contribution in [0.4, 0.5) is 4.79 Å². The van der Waals surface area contributed by atoms with Gasteiger partial charge in [0.2, 0.25) is 0 Å². The normalized spacial score (nSPS) is 11.7. The smallest absolute Gasteiger partial charge is 0.321 e. The van der Waals surface area contributed by atoms with Crippen molar-refractivity contribution in [1.82, 2.24) is 10.6 Å². The molecule has 116 valence electrons. The van der Waals surface area contributed by atoms with Gasteiger partial charge in [-0.1, -0.05) is 43.7 Å². The Labute approximate surface area is 126 Å². The summed E-state index contributed by atoms with van der Waals surface area (Å²) in [5.41, 5.74) is 1.19. The molecule has 0 spiro atoms. The standard InChI is InChI=1S/C16H25N3O2/c1-3-5-11-17-16(21)18-15(20)13-19(4-2)12-14-9-7-6-8-10-14/h6-10H,3-5,11-13H2,1-2H3,(H2,17,18,20,21)/p+1. The lowest BCUT2D eigenvalue weighted by atomic mass is 10.2. The van der Waals surface area contributed by atoms with Crippen molar-refractivity contribution < 1.29 is 14.5 Å². The van der Waals surface area contributed by atoms with E-state index in [0.29, 0.717) is 13.1 Å². The van der Waals surface area contributed by atoms with Gasteiger partial charge in [-0.2, -0.15) is 0 Å². The van der Waals surface area contributed by atoms with Crippen LogP contribution in [0.25, 0.3) is 0 Å². The predicted octanol–water partition coefficient (Wildman–Crippen LogP) is 0.717. The van der Waals surface area contributed by atoms with Gasteiger partial charge in [-0.3, -0.25) is 10.1 Å². The zero-order valence-corrected chi connectivity index (χ0v) is 12.9. The molecule has 0 saturated carbocycles. The third-order valence-electron chi connectivity index (χ3n) is 3.28. The molecule has 0 bridgehead atoms. The van der Waals surface area contributed by atoms with Crippen LogP contribution in [0.2, 0.25) is 0 Å². The molecule has 0 aliphatic rings. The molecule has 1 rings (SSSR count). The predicted molar refractivity (Wildman–Crippen MR) is 83.0 cm³/mol. The molecule has 5 nitrogen and oxygen atoms in total. The summed E-state index contributed by atoms with van der Waals surface area (Å²) in [6, 6.07) is 9.65. The van der Waals surface area contributed by atoms with Crippen molar-refractivity contribution in [3.63, 3.8) is 0 Å². The highest BCUT2D eigenvalue weighted by Crippen LogP contribution is 1.94. The van der Waals surface area contributed by atoms with Gasteiger partial charge < -0.3 is 10.2 Å². The highest BCUT2D eigenvalue weighted by molar-refractivity contribution is 5.94. The molecule has 0 saturated heterocycles. The maximum absolute atomic E-state index is 11.9. The summed E-state index contributed by atoms with van der Waals surface area (Å²) < 4.78 is 0. The Morgan fingerprint density at radius 3 is 2.48 bits per heavy atom. The third-order valence-corrected chi connectivity index (χ3v) is 3.28. The minimum Gasteiger partial charge on any atom is -0.338 e. The number of hydrogen-bond acceptors (Lipinski definition) is 2. The topological polar surface area (TPSA) is 62.6 Å². The quantitative estimate of drug-likeness (QED) is 0.618. The largest absolute Gasteiger partial charge is 0.338 e. The van der Waals surface area contributed by atoms with E-state index in [1.807, 2.05) is 37.3 Å². The molecule has 1 aromatic carbocycles. The fourth-order valence-electron chi connectivity index (χ4n) is 2.02. The van der Waals surface area contributed by atoms with Crippen LogP contribution in [0, 0.1) is 0 Å². The molecular formula is C16H26N3O2+. The fraction of sp³-hybridized carbons (Fsp3) is 0.500. The zero-order valence-electron chi connectivity index (χ0n) is 12.9. The van der Waals surface area contributed by atoms with Crippen LogP contribution in [-0.2, 0) is 11.3 Å². The lowest BCUT2D eigenvalue weighted by Gasteiger charge is -2.17. The SMILES string of the molecule is CCCCNC(=O)NC(=O)C[NH+](CC)Cc1ccccc1. The van der Waals surface area contributed by atoms with E-state index in [0.717, 1.165) is 30.8 Å². The Bertz CT molecular complexity index is 434. The van der Waals surface area contributed by atoms with E-state index in [1.54, 1.807) is 0 Å². The molecule has 0 radical (unpaired) electrons. The molecular weight excluding hydrogens is 266 g/mol. The maximum Gasteiger partial charge on any atom is 0.321 e. The molecule has 21 heavy (non-hydrogen) atoms. The summed E-state index contributed by atoms with van der Waals surface area (Å²) in [6.07, 6.45) is 1.93. The Balaban J connectivity index is 2.35. The minimum absolute atomic E-state index is 0.239. The number of hydrogen-bond donors (Lipinski definition) is 3. The highest BCUT2D eigenvalue weighted by atomic mass is 16.2. The molecule has 0 aromatic heterocycles. The van der Waals surface area contributed by atoms with E-state index in [2.05, 4.69) is 17.6 Å². The van der Waals surface area contributed by atoms with Crippen molar-refractivity contribution in [3.05, 3.63) is 35.9 Å². The van der Waals surface area contributed by atoms with E-state index >= 15 is 0 Å². The Kier molecular flexibility index (Phi) is 8.12. The van der Waals surface area contributed by atoms with E-state index in [4.69, 9.17) is 0 Å². The number of urea groups is 1. The summed E-state index contributed by atoms with van der Waals surface area (Å²) in [6.45, 7) is 6.60. The number of rotatable bonds is 8. The van der Waals surface area contributed by atoms with Crippen LogP contribution < -0.4 is 15.5 Å². The van der Waals surface area contributed by atoms with Crippen LogP contribution in [0.1, 0.15) is 32.3 Å². The zero-order chi connectivity index (χ0) is 15.5. The number of nitrogens with one attached hydrogen (secondary N) is 3. The molecule has 0 aliphatic heterocycles. The number of carbonyl (C=O) groups is 2. The Morgan fingerprint density at radius 1 is 1.14 bits per heavy atom. The summed E-state index contributed by atoms with van der Waals surface area (Å²) in [7, 11) is 0. The second-order valence-electron chi connectivity index (χ2n) is 5.10. The molecule has 3 amide bonds. The van der Waals surface area contributed by atoms with Crippen molar-refractivity contribution in [3.8, 4) is 0 Å². The van der Waals surface area contributed by atoms with Gasteiger partial charge in [-0.25, -0.2) is 4.79 Å². The van der Waals surface area contributed by atoms with Gasteiger partial charge in [0, 0.05) is 12.1 Å². The highest BCUT2D eigenvalue weighted by Gasteiger charge is 2.15. The van der Waals surface area contributed by atoms with Crippen LogP contribution >= 0.6 is 0 Å². The molecule has 3 N–H and O–H groups in total. The number of unbranched alkanes of at least 4 members (excludes halogenated alkanes) is 1. The van der Waals surface area contributed by atoms with Crippen LogP contribution in [0.3, 0.4) is 0 Å². The van der Waals surface area contributed by atoms with E-state index in [-0.39, 0.29) is 5.91 Å². The lowest BCUT2D eigenvalue weighted by molar-refractivity contribution is -0.904. The fourth-order valence-corrected chi connectivity index (χ4v) is 2.02. The molecule has 0 fully saturated rings. The lowest BCUT2D eigenvalue weighted by Crippen LogP contribution is -3.11. The first kappa shape index (κ1) is 17.2. The first-order valence-corrected chi connectivity index (χ1v) is 7.60. The summed E-state index contributed by atoms with van der Waals surface area (Å²) >= 11 is 0. The second-order valence-corrected chi connectivity index (χ2v) is 5.10. The van der Waals surface area contributed by atoms with E-state index < -0.39 is 6.03 Å². The van der Waals surface area contributed by atoms with Crippen molar-refractivity contribution >= 4 is 11.9 Å². The van der Waals surface area contributed by atoms with Crippen molar-refractivity contribution in [2.75, 3.05) is 19.6 Å². The summed E-state index contributed by atoms with van der Waals surface area (Å²) in [5.74, 6) is -0.239. The van der Waals surface area contributed by atoms with Crippen molar-refractivity contribution in [1.29, 1.82) is 0 Å². The summed E-state index contributed by atoms with van der Waals surface area (Å²) in [4.78, 5) is 24.5. The first-order chi connectivity index (χ1) is 10.2. The van der Waals surface area contributed by atoms with Gasteiger partial charge in [0.05, 0.1) is 6.54 Å². The number of carbonyl (C=O) groups excluding carboxylic acids is 2. The maximum atomic E-state index is 11.9. The van der Waals surface area contributed by atoms with E-state index in [9.17, 15) is 9.59 Å². The molecule has 0 aliphatic carbocycles. The molecule has 5 heteroatoms. The van der Waals surface area contributed by atoms with Crippen molar-refractivity contribution in [2.24, 2.45) is 0 Å². The third kappa shape index (κ3) is 7.46. The second kappa shape index (κ2) is 9.94. The number of amides is 3. The van der Waals surface area contributed by atoms with Crippen LogP contribution in [0.15, 0.2) is 30.3 Å². The Hall–Kier alpha value is -1.88. The van der Waals surface area contributed by atoms with Gasteiger partial charge in [-0.15, -0.1) is 0 Å². The molecule has 1 unspecified atom stereocenters. The van der Waals surface area contributed by atoms with Gasteiger partial charge in [0.25, 0.3) is 5.91 Å². The molecule has 1 aromatic rings. The average molecular weight is 292 g/mol. The van der Waals surface area contributed by atoms with Gasteiger partial charge in [0.15, 0.2) is 6.54 Å². The summed E-state index contributed by atoms with van der Waals surface area (Å²) in [5, 5.41) is 5.05. The monoisotopic (exact) mass is 292 g/mol.